The summed E-state index contributed by atoms with van der Waals surface area (Å²) in [6, 6.07) is 10.8. The Labute approximate surface area is 111 Å². The van der Waals surface area contributed by atoms with Gasteiger partial charge in [-0.2, -0.15) is 0 Å². The van der Waals surface area contributed by atoms with Crippen LogP contribution in [-0.4, -0.2) is 0 Å². The summed E-state index contributed by atoms with van der Waals surface area (Å²) in [6.45, 7) is 12.0. The third-order valence-electron chi connectivity index (χ3n) is 2.90. The quantitative estimate of drug-likeness (QED) is 0.590. The minimum atomic E-state index is 1.29. The molecule has 0 aliphatic carbocycles. The summed E-state index contributed by atoms with van der Waals surface area (Å²) in [5.74, 6) is 0. The first-order valence-corrected chi connectivity index (χ1v) is 6.52. The van der Waals surface area contributed by atoms with Crippen LogP contribution in [-0.2, 0) is 0 Å². The Morgan fingerprint density at radius 3 is 2.17 bits per heavy atom. The van der Waals surface area contributed by atoms with Crippen LogP contribution >= 0.6 is 0 Å². The Kier molecular flexibility index (Phi) is 5.38. The molecule has 0 aromatic heterocycles. The molecule has 0 unspecified atom stereocenters. The van der Waals surface area contributed by atoms with Crippen molar-refractivity contribution in [2.75, 3.05) is 0 Å². The van der Waals surface area contributed by atoms with Crippen molar-refractivity contribution < 1.29 is 0 Å². The molecule has 0 saturated carbocycles. The summed E-state index contributed by atoms with van der Waals surface area (Å²) in [5.41, 5.74) is 3.94. The summed E-state index contributed by atoms with van der Waals surface area (Å²) in [5, 5.41) is 2.65. The lowest BCUT2D eigenvalue weighted by atomic mass is 9.95. The summed E-state index contributed by atoms with van der Waals surface area (Å²) in [6.07, 6.45) is 5.93. The van der Waals surface area contributed by atoms with Crippen molar-refractivity contribution in [3.8, 4) is 0 Å². The molecule has 94 valence electrons. The van der Waals surface area contributed by atoms with E-state index in [9.17, 15) is 0 Å². The fraction of sp³-hybridized carbons (Fsp3) is 0.222. The Morgan fingerprint density at radius 1 is 0.944 bits per heavy atom. The molecule has 0 aliphatic rings. The first-order chi connectivity index (χ1) is 8.74. The molecule has 2 aromatic rings. The Morgan fingerprint density at radius 2 is 1.56 bits per heavy atom. The number of fused-ring (bicyclic) bond motifs is 1. The smallest absolute Gasteiger partial charge is 0.0106 e. The standard InChI is InChI=1S/C16H16.C2H6/c1-4-5-8-14-12(2)11-13(3)15-9-6-7-10-16(14)15;1-2/h4-11H,1H2,2-3H3;1-2H3/b8-5-;. The third kappa shape index (κ3) is 2.89. The van der Waals surface area contributed by atoms with Gasteiger partial charge in [0, 0.05) is 0 Å². The highest BCUT2D eigenvalue weighted by Crippen LogP contribution is 2.26. The molecule has 0 heteroatoms. The van der Waals surface area contributed by atoms with Crippen molar-refractivity contribution in [2.24, 2.45) is 0 Å². The zero-order valence-corrected chi connectivity index (χ0v) is 11.8. The predicted molar refractivity (Wildman–Crippen MR) is 84.0 cm³/mol. The van der Waals surface area contributed by atoms with Gasteiger partial charge in [0.15, 0.2) is 0 Å². The Balaban J connectivity index is 0.000000771. The van der Waals surface area contributed by atoms with Gasteiger partial charge in [0.2, 0.25) is 0 Å². The fourth-order valence-electron chi connectivity index (χ4n) is 2.14. The van der Waals surface area contributed by atoms with Gasteiger partial charge in [-0.3, -0.25) is 0 Å². The molecule has 2 aromatic carbocycles. The van der Waals surface area contributed by atoms with Crippen molar-refractivity contribution >= 4 is 16.8 Å². The number of hydrogen-bond acceptors (Lipinski definition) is 0. The van der Waals surface area contributed by atoms with Crippen LogP contribution in [0.4, 0.5) is 0 Å². The van der Waals surface area contributed by atoms with Crippen LogP contribution in [0.25, 0.3) is 16.8 Å². The van der Waals surface area contributed by atoms with Crippen LogP contribution in [0.3, 0.4) is 0 Å². The summed E-state index contributed by atoms with van der Waals surface area (Å²) < 4.78 is 0. The lowest BCUT2D eigenvalue weighted by molar-refractivity contribution is 1.41. The molecule has 0 radical (unpaired) electrons. The lowest BCUT2D eigenvalue weighted by Gasteiger charge is -2.09. The minimum Gasteiger partial charge on any atom is -0.0991 e. The second-order valence-corrected chi connectivity index (χ2v) is 4.06. The molecule has 0 heterocycles. The SMILES string of the molecule is C=C/C=C\c1c(C)cc(C)c2ccccc12.CC. The molecule has 0 amide bonds. The average molecular weight is 238 g/mol. The molecule has 0 fully saturated rings. The Hall–Kier alpha value is -1.82. The molecule has 0 N–H and O–H groups in total. The molecule has 2 rings (SSSR count). The van der Waals surface area contributed by atoms with Crippen molar-refractivity contribution in [3.05, 3.63) is 65.8 Å². The van der Waals surface area contributed by atoms with Crippen LogP contribution in [0, 0.1) is 13.8 Å². The number of aryl methyl sites for hydroxylation is 2. The zero-order valence-electron chi connectivity index (χ0n) is 11.8. The predicted octanol–water partition coefficient (Wildman–Crippen LogP) is 5.68. The number of allylic oxidation sites excluding steroid dienone is 2. The van der Waals surface area contributed by atoms with Gasteiger partial charge in [-0.05, 0) is 41.3 Å². The van der Waals surface area contributed by atoms with Crippen LogP contribution < -0.4 is 0 Å². The maximum absolute atomic E-state index is 3.72. The second kappa shape index (κ2) is 6.80. The third-order valence-corrected chi connectivity index (χ3v) is 2.90. The van der Waals surface area contributed by atoms with E-state index in [1.165, 1.54) is 27.5 Å². The summed E-state index contributed by atoms with van der Waals surface area (Å²) >= 11 is 0. The zero-order chi connectivity index (χ0) is 13.5. The van der Waals surface area contributed by atoms with Gasteiger partial charge >= 0.3 is 0 Å². The van der Waals surface area contributed by atoms with Crippen LogP contribution in [0.1, 0.15) is 30.5 Å². The molecule has 0 atom stereocenters. The summed E-state index contributed by atoms with van der Waals surface area (Å²) in [4.78, 5) is 0. The van der Waals surface area contributed by atoms with Gasteiger partial charge in [-0.25, -0.2) is 0 Å². The highest BCUT2D eigenvalue weighted by atomic mass is 14.1. The first kappa shape index (κ1) is 14.2. The normalized spacial score (nSPS) is 10.2. The fourth-order valence-corrected chi connectivity index (χ4v) is 2.14. The molecular formula is C18H22. The number of benzene rings is 2. The van der Waals surface area contributed by atoms with Crippen molar-refractivity contribution in [1.82, 2.24) is 0 Å². The van der Waals surface area contributed by atoms with Crippen LogP contribution in [0.5, 0.6) is 0 Å². The van der Waals surface area contributed by atoms with Gasteiger partial charge < -0.3 is 0 Å². The van der Waals surface area contributed by atoms with Crippen molar-refractivity contribution in [1.29, 1.82) is 0 Å². The molecule has 0 nitrogen and oxygen atoms in total. The lowest BCUT2D eigenvalue weighted by Crippen LogP contribution is -1.87. The van der Waals surface area contributed by atoms with E-state index in [0.29, 0.717) is 0 Å². The number of rotatable bonds is 2. The monoisotopic (exact) mass is 238 g/mol. The molecule has 0 bridgehead atoms. The van der Waals surface area contributed by atoms with Crippen molar-refractivity contribution in [2.45, 2.75) is 27.7 Å². The van der Waals surface area contributed by atoms with E-state index in [1.807, 2.05) is 26.0 Å². The first-order valence-electron chi connectivity index (χ1n) is 6.52. The van der Waals surface area contributed by atoms with Crippen LogP contribution in [0.2, 0.25) is 0 Å². The molecule has 0 saturated heterocycles. The van der Waals surface area contributed by atoms with E-state index in [1.54, 1.807) is 0 Å². The van der Waals surface area contributed by atoms with Gasteiger partial charge in [-0.1, -0.05) is 69.0 Å². The second-order valence-electron chi connectivity index (χ2n) is 4.06. The van der Waals surface area contributed by atoms with E-state index in [4.69, 9.17) is 0 Å². The van der Waals surface area contributed by atoms with Gasteiger partial charge in [0.05, 0.1) is 0 Å². The molecule has 0 spiro atoms. The maximum atomic E-state index is 3.72. The average Bonchev–Trinajstić information content (AvgIpc) is 2.41. The minimum absolute atomic E-state index is 1.29. The van der Waals surface area contributed by atoms with Gasteiger partial charge in [0.25, 0.3) is 0 Å². The maximum Gasteiger partial charge on any atom is -0.0106 e. The molecule has 0 aliphatic heterocycles. The van der Waals surface area contributed by atoms with E-state index >= 15 is 0 Å². The highest BCUT2D eigenvalue weighted by Gasteiger charge is 2.03. The van der Waals surface area contributed by atoms with Crippen molar-refractivity contribution in [3.63, 3.8) is 0 Å². The van der Waals surface area contributed by atoms with Gasteiger partial charge in [0.1, 0.15) is 0 Å². The Bertz CT molecular complexity index is 560. The van der Waals surface area contributed by atoms with E-state index in [-0.39, 0.29) is 0 Å². The molecule has 18 heavy (non-hydrogen) atoms. The largest absolute Gasteiger partial charge is 0.0991 e. The highest BCUT2D eigenvalue weighted by molar-refractivity contribution is 5.94. The van der Waals surface area contributed by atoms with E-state index < -0.39 is 0 Å². The van der Waals surface area contributed by atoms with E-state index in [0.717, 1.165) is 0 Å². The summed E-state index contributed by atoms with van der Waals surface area (Å²) in [7, 11) is 0. The molecular weight excluding hydrogens is 216 g/mol. The van der Waals surface area contributed by atoms with E-state index in [2.05, 4.69) is 56.8 Å². The van der Waals surface area contributed by atoms with Gasteiger partial charge in [-0.15, -0.1) is 0 Å². The topological polar surface area (TPSA) is 0 Å². The number of hydrogen-bond donors (Lipinski definition) is 0. The van der Waals surface area contributed by atoms with Crippen LogP contribution in [0.15, 0.2) is 49.1 Å².